The molecule has 2 heterocycles. The highest BCUT2D eigenvalue weighted by Gasteiger charge is 2.12. The maximum absolute atomic E-state index is 12.4. The Balaban J connectivity index is 2.39. The van der Waals surface area contributed by atoms with E-state index in [1.54, 1.807) is 12.1 Å². The molecule has 0 saturated carbocycles. The summed E-state index contributed by atoms with van der Waals surface area (Å²) in [6.07, 6.45) is 0. The van der Waals surface area contributed by atoms with Gasteiger partial charge in [0.1, 0.15) is 5.69 Å². The number of carboxylic acids is 1. The highest BCUT2D eigenvalue weighted by atomic mass is 16.4. The molecule has 0 atom stereocenters. The molecule has 0 aliphatic carbocycles. The maximum atomic E-state index is 12.4. The number of hydrogen-bond acceptors (Lipinski definition) is 4. The molecule has 0 bridgehead atoms. The number of benzene rings is 1. The maximum Gasteiger partial charge on any atom is 0.353 e. The van der Waals surface area contributed by atoms with Crippen LogP contribution in [0.5, 0.6) is 0 Å². The Kier molecular flexibility index (Phi) is 2.50. The zero-order valence-electron chi connectivity index (χ0n) is 10.9. The van der Waals surface area contributed by atoms with E-state index >= 15 is 0 Å². The predicted octanol–water partition coefficient (Wildman–Crippen LogP) is 0.940. The molecular formula is C13H12N4O3. The van der Waals surface area contributed by atoms with Crippen LogP contribution in [0.4, 0.5) is 5.69 Å². The molecule has 20 heavy (non-hydrogen) atoms. The first-order valence-corrected chi connectivity index (χ1v) is 5.93. The number of aromatic carboxylic acids is 1. The number of aromatic amines is 1. The van der Waals surface area contributed by atoms with Crippen molar-refractivity contribution in [3.8, 4) is 0 Å². The van der Waals surface area contributed by atoms with Crippen molar-refractivity contribution < 1.29 is 9.90 Å². The van der Waals surface area contributed by atoms with E-state index in [2.05, 4.69) is 10.1 Å². The van der Waals surface area contributed by atoms with E-state index < -0.39 is 5.97 Å². The van der Waals surface area contributed by atoms with E-state index in [9.17, 15) is 9.59 Å². The molecule has 3 rings (SSSR count). The van der Waals surface area contributed by atoms with Gasteiger partial charge in [-0.3, -0.25) is 9.89 Å². The molecule has 102 valence electrons. The molecule has 2 N–H and O–H groups in total. The molecule has 0 spiro atoms. The molecule has 0 radical (unpaired) electrons. The molecule has 0 fully saturated rings. The van der Waals surface area contributed by atoms with Crippen molar-refractivity contribution >= 4 is 28.2 Å². The summed E-state index contributed by atoms with van der Waals surface area (Å²) in [6.45, 7) is 0. The zero-order valence-corrected chi connectivity index (χ0v) is 10.9. The molecule has 0 amide bonds. The van der Waals surface area contributed by atoms with Gasteiger partial charge in [0.15, 0.2) is 5.65 Å². The number of fused-ring (bicyclic) bond motifs is 2. The van der Waals surface area contributed by atoms with E-state index in [4.69, 9.17) is 5.11 Å². The summed E-state index contributed by atoms with van der Waals surface area (Å²) in [5, 5.41) is 11.9. The molecule has 0 aliphatic rings. The summed E-state index contributed by atoms with van der Waals surface area (Å²) < 4.78 is 1.14. The average Bonchev–Trinajstić information content (AvgIpc) is 2.83. The third-order valence-corrected chi connectivity index (χ3v) is 3.13. The lowest BCUT2D eigenvalue weighted by atomic mass is 10.2. The van der Waals surface area contributed by atoms with Crippen molar-refractivity contribution in [2.75, 3.05) is 19.0 Å². The quantitative estimate of drug-likeness (QED) is 0.724. The van der Waals surface area contributed by atoms with Crippen LogP contribution in [0, 0.1) is 0 Å². The largest absolute Gasteiger partial charge is 0.477 e. The highest BCUT2D eigenvalue weighted by Crippen LogP contribution is 2.17. The topological polar surface area (TPSA) is 90.7 Å². The molecule has 7 nitrogen and oxygen atoms in total. The van der Waals surface area contributed by atoms with Crippen molar-refractivity contribution in [3.63, 3.8) is 0 Å². The lowest BCUT2D eigenvalue weighted by molar-refractivity contribution is 0.0690. The summed E-state index contributed by atoms with van der Waals surface area (Å²) in [4.78, 5) is 29.5. The Morgan fingerprint density at radius 1 is 1.35 bits per heavy atom. The fourth-order valence-corrected chi connectivity index (χ4v) is 2.07. The van der Waals surface area contributed by atoms with Gasteiger partial charge in [-0.05, 0) is 18.2 Å². The Bertz CT molecular complexity index is 892. The van der Waals surface area contributed by atoms with E-state index in [0.717, 1.165) is 10.2 Å². The van der Waals surface area contributed by atoms with Crippen LogP contribution in [-0.2, 0) is 0 Å². The molecular weight excluding hydrogens is 260 g/mol. The van der Waals surface area contributed by atoms with Crippen LogP contribution in [-0.4, -0.2) is 39.8 Å². The molecule has 0 saturated heterocycles. The molecule has 1 aromatic carbocycles. The van der Waals surface area contributed by atoms with Crippen LogP contribution in [0.2, 0.25) is 0 Å². The van der Waals surface area contributed by atoms with Crippen LogP contribution in [0.15, 0.2) is 29.1 Å². The van der Waals surface area contributed by atoms with E-state index in [1.165, 1.54) is 6.07 Å². The first-order valence-electron chi connectivity index (χ1n) is 5.93. The van der Waals surface area contributed by atoms with Crippen LogP contribution in [0.3, 0.4) is 0 Å². The first kappa shape index (κ1) is 12.2. The number of nitrogens with zero attached hydrogens (tertiary/aromatic N) is 3. The number of carbonyl (C=O) groups is 1. The van der Waals surface area contributed by atoms with Crippen LogP contribution in [0.25, 0.3) is 16.6 Å². The third kappa shape index (κ3) is 1.71. The molecule has 2 aromatic heterocycles. The van der Waals surface area contributed by atoms with Crippen molar-refractivity contribution in [1.29, 1.82) is 0 Å². The number of rotatable bonds is 2. The summed E-state index contributed by atoms with van der Waals surface area (Å²) in [6, 6.07) is 6.68. The molecule has 0 unspecified atom stereocenters. The lowest BCUT2D eigenvalue weighted by Crippen LogP contribution is -2.17. The van der Waals surface area contributed by atoms with Gasteiger partial charge in [-0.2, -0.15) is 0 Å². The fourth-order valence-electron chi connectivity index (χ4n) is 2.07. The lowest BCUT2D eigenvalue weighted by Gasteiger charge is -2.12. The summed E-state index contributed by atoms with van der Waals surface area (Å²) in [5.74, 6) is -1.13. The highest BCUT2D eigenvalue weighted by molar-refractivity contribution is 5.88. The fraction of sp³-hybridized carbons (Fsp3) is 0.154. The standard InChI is InChI=1S/C13H12N4O3/c1-16(2)7-3-4-9-8(5-7)12(18)17-11(14-9)6-10(15-17)13(19)20/h3-6,15H,1-2H3,(H,19,20). The van der Waals surface area contributed by atoms with Gasteiger partial charge in [-0.15, -0.1) is 0 Å². The zero-order chi connectivity index (χ0) is 14.4. The van der Waals surface area contributed by atoms with Gasteiger partial charge in [-0.1, -0.05) is 0 Å². The first-order chi connectivity index (χ1) is 9.47. The molecule has 0 aliphatic heterocycles. The monoisotopic (exact) mass is 272 g/mol. The second kappa shape index (κ2) is 4.09. The van der Waals surface area contributed by atoms with Gasteiger partial charge in [0.05, 0.1) is 10.9 Å². The van der Waals surface area contributed by atoms with Crippen molar-refractivity contribution in [3.05, 3.63) is 40.3 Å². The van der Waals surface area contributed by atoms with Crippen LogP contribution >= 0.6 is 0 Å². The van der Waals surface area contributed by atoms with E-state index in [0.29, 0.717) is 10.9 Å². The van der Waals surface area contributed by atoms with Crippen LogP contribution in [0.1, 0.15) is 10.5 Å². The van der Waals surface area contributed by atoms with Crippen molar-refractivity contribution in [1.82, 2.24) is 14.6 Å². The van der Waals surface area contributed by atoms with Crippen molar-refractivity contribution in [2.24, 2.45) is 0 Å². The number of H-pyrrole nitrogens is 1. The number of aromatic nitrogens is 3. The predicted molar refractivity (Wildman–Crippen MR) is 74.6 cm³/mol. The van der Waals surface area contributed by atoms with Gasteiger partial charge in [0.2, 0.25) is 0 Å². The number of carboxylic acid groups (broad SMARTS) is 1. The summed E-state index contributed by atoms with van der Waals surface area (Å²) in [7, 11) is 3.75. The van der Waals surface area contributed by atoms with E-state index in [1.807, 2.05) is 25.1 Å². The SMILES string of the molecule is CN(C)c1ccc2nc3cc(C(=O)O)[nH]n3c(=O)c2c1. The van der Waals surface area contributed by atoms with Crippen LogP contribution < -0.4 is 10.5 Å². The second-order valence-corrected chi connectivity index (χ2v) is 4.68. The van der Waals surface area contributed by atoms with Gasteiger partial charge >= 0.3 is 5.97 Å². The van der Waals surface area contributed by atoms with E-state index in [-0.39, 0.29) is 16.9 Å². The number of anilines is 1. The number of nitrogens with one attached hydrogen (secondary N) is 1. The number of hydrogen-bond donors (Lipinski definition) is 2. The molecule has 3 aromatic rings. The normalized spacial score (nSPS) is 11.1. The minimum absolute atomic E-state index is 0.0715. The smallest absolute Gasteiger partial charge is 0.353 e. The Hall–Kier alpha value is -2.83. The summed E-state index contributed by atoms with van der Waals surface area (Å²) >= 11 is 0. The third-order valence-electron chi connectivity index (χ3n) is 3.13. The molecule has 7 heteroatoms. The van der Waals surface area contributed by atoms with Gasteiger partial charge < -0.3 is 10.0 Å². The minimum Gasteiger partial charge on any atom is -0.477 e. The van der Waals surface area contributed by atoms with Gasteiger partial charge in [0.25, 0.3) is 5.56 Å². The average molecular weight is 272 g/mol. The Morgan fingerprint density at radius 2 is 2.10 bits per heavy atom. The van der Waals surface area contributed by atoms with Gasteiger partial charge in [-0.25, -0.2) is 14.3 Å². The Labute approximate surface area is 113 Å². The Morgan fingerprint density at radius 3 is 2.75 bits per heavy atom. The summed E-state index contributed by atoms with van der Waals surface area (Å²) in [5.41, 5.74) is 1.31. The minimum atomic E-state index is -1.13. The van der Waals surface area contributed by atoms with Crippen molar-refractivity contribution in [2.45, 2.75) is 0 Å². The second-order valence-electron chi connectivity index (χ2n) is 4.68. The van der Waals surface area contributed by atoms with Gasteiger partial charge in [0, 0.05) is 25.8 Å².